The average molecular weight is 381 g/mol. The van der Waals surface area contributed by atoms with Crippen molar-refractivity contribution in [1.82, 2.24) is 4.98 Å². The van der Waals surface area contributed by atoms with E-state index in [0.29, 0.717) is 17.1 Å². The molecule has 1 saturated heterocycles. The average Bonchev–Trinajstić information content (AvgIpc) is 3.43. The fraction of sp³-hybridized carbons (Fsp3) is 0.455. The highest BCUT2D eigenvalue weighted by atomic mass is 16.5. The third-order valence-corrected chi connectivity index (χ3v) is 5.46. The van der Waals surface area contributed by atoms with Crippen molar-refractivity contribution in [1.29, 1.82) is 0 Å². The lowest BCUT2D eigenvalue weighted by Gasteiger charge is -2.20. The lowest BCUT2D eigenvalue weighted by molar-refractivity contribution is 0.102. The van der Waals surface area contributed by atoms with E-state index in [1.165, 1.54) is 12.8 Å². The summed E-state index contributed by atoms with van der Waals surface area (Å²) in [6, 6.07) is 9.10. The standard InChI is InChI=1S/C22H27N3O3/c1-27-20-15-16(10-11-19(20)28-17-7-2-3-8-17)22(26)24-18-9-6-12-23-21(18)25-13-4-5-14-25/h6,9-12,15,17H,2-5,7-8,13-14H2,1H3,(H,24,26). The third kappa shape index (κ3) is 4.06. The van der Waals surface area contributed by atoms with Gasteiger partial charge in [-0.1, -0.05) is 0 Å². The first-order chi connectivity index (χ1) is 13.7. The summed E-state index contributed by atoms with van der Waals surface area (Å²) in [5.74, 6) is 1.94. The molecule has 1 aromatic heterocycles. The van der Waals surface area contributed by atoms with E-state index >= 15 is 0 Å². The minimum Gasteiger partial charge on any atom is -0.493 e. The van der Waals surface area contributed by atoms with Gasteiger partial charge in [0.05, 0.1) is 18.9 Å². The molecule has 0 unspecified atom stereocenters. The molecule has 0 radical (unpaired) electrons. The first-order valence-corrected chi connectivity index (χ1v) is 10.1. The smallest absolute Gasteiger partial charge is 0.255 e. The molecule has 6 nitrogen and oxygen atoms in total. The van der Waals surface area contributed by atoms with Crippen molar-refractivity contribution in [3.05, 3.63) is 42.1 Å². The summed E-state index contributed by atoms with van der Waals surface area (Å²) >= 11 is 0. The lowest BCUT2D eigenvalue weighted by Crippen LogP contribution is -2.22. The molecule has 2 aliphatic rings. The summed E-state index contributed by atoms with van der Waals surface area (Å²) < 4.78 is 11.5. The van der Waals surface area contributed by atoms with E-state index in [1.54, 1.807) is 25.4 Å². The molecule has 6 heteroatoms. The molecule has 0 bridgehead atoms. The van der Waals surface area contributed by atoms with Gasteiger partial charge >= 0.3 is 0 Å². The van der Waals surface area contributed by atoms with E-state index in [9.17, 15) is 4.79 Å². The number of methoxy groups -OCH3 is 1. The van der Waals surface area contributed by atoms with Crippen molar-refractivity contribution in [3.8, 4) is 11.5 Å². The molecule has 1 saturated carbocycles. The van der Waals surface area contributed by atoms with E-state index in [1.807, 2.05) is 18.2 Å². The number of nitrogens with zero attached hydrogens (tertiary/aromatic N) is 2. The predicted molar refractivity (Wildman–Crippen MR) is 110 cm³/mol. The Hall–Kier alpha value is -2.76. The minimum atomic E-state index is -0.181. The Bertz CT molecular complexity index is 828. The van der Waals surface area contributed by atoms with Crippen molar-refractivity contribution in [2.45, 2.75) is 44.6 Å². The fourth-order valence-electron chi connectivity index (χ4n) is 3.96. The second-order valence-electron chi connectivity index (χ2n) is 7.41. The van der Waals surface area contributed by atoms with E-state index < -0.39 is 0 Å². The molecule has 1 aliphatic carbocycles. The number of hydrogen-bond donors (Lipinski definition) is 1. The Morgan fingerprint density at radius 1 is 1.11 bits per heavy atom. The van der Waals surface area contributed by atoms with Gasteiger partial charge < -0.3 is 19.7 Å². The maximum absolute atomic E-state index is 12.9. The molecule has 1 amide bonds. The number of amides is 1. The van der Waals surface area contributed by atoms with Crippen LogP contribution in [0.5, 0.6) is 11.5 Å². The maximum Gasteiger partial charge on any atom is 0.255 e. The Balaban J connectivity index is 1.50. The number of pyridine rings is 1. The van der Waals surface area contributed by atoms with Crippen molar-refractivity contribution in [3.63, 3.8) is 0 Å². The van der Waals surface area contributed by atoms with Crippen molar-refractivity contribution < 1.29 is 14.3 Å². The topological polar surface area (TPSA) is 63.7 Å². The molecular formula is C22H27N3O3. The lowest BCUT2D eigenvalue weighted by atomic mass is 10.1. The van der Waals surface area contributed by atoms with Crippen LogP contribution in [0, 0.1) is 0 Å². The zero-order valence-electron chi connectivity index (χ0n) is 16.3. The second kappa shape index (κ2) is 8.50. The van der Waals surface area contributed by atoms with Crippen LogP contribution < -0.4 is 19.7 Å². The van der Waals surface area contributed by atoms with Gasteiger partial charge in [-0.2, -0.15) is 0 Å². The Morgan fingerprint density at radius 2 is 1.89 bits per heavy atom. The maximum atomic E-state index is 12.9. The first-order valence-electron chi connectivity index (χ1n) is 10.1. The molecule has 1 aromatic carbocycles. The third-order valence-electron chi connectivity index (χ3n) is 5.46. The zero-order valence-corrected chi connectivity index (χ0v) is 16.3. The van der Waals surface area contributed by atoms with Gasteiger partial charge in [0.15, 0.2) is 17.3 Å². The highest BCUT2D eigenvalue weighted by Crippen LogP contribution is 2.33. The Labute approximate surface area is 165 Å². The number of hydrogen-bond acceptors (Lipinski definition) is 5. The monoisotopic (exact) mass is 381 g/mol. The first kappa shape index (κ1) is 18.6. The Kier molecular flexibility index (Phi) is 5.65. The summed E-state index contributed by atoms with van der Waals surface area (Å²) in [5.41, 5.74) is 1.27. The quantitative estimate of drug-likeness (QED) is 0.810. The molecule has 0 spiro atoms. The SMILES string of the molecule is COc1cc(C(=O)Nc2cccnc2N2CCCC2)ccc1OC1CCCC1. The summed E-state index contributed by atoms with van der Waals surface area (Å²) in [6.07, 6.45) is 8.88. The molecule has 1 N–H and O–H groups in total. The number of nitrogens with one attached hydrogen (secondary N) is 1. The van der Waals surface area contributed by atoms with Crippen LogP contribution in [0.15, 0.2) is 36.5 Å². The van der Waals surface area contributed by atoms with Crippen molar-refractivity contribution in [2.24, 2.45) is 0 Å². The number of ether oxygens (including phenoxy) is 2. The van der Waals surface area contributed by atoms with Gasteiger partial charge in [0.1, 0.15) is 0 Å². The van der Waals surface area contributed by atoms with Gasteiger partial charge in [0, 0.05) is 24.8 Å². The summed E-state index contributed by atoms with van der Waals surface area (Å²) in [7, 11) is 1.60. The fourth-order valence-corrected chi connectivity index (χ4v) is 3.96. The number of carbonyl (C=O) groups excluding carboxylic acids is 1. The zero-order chi connectivity index (χ0) is 19.3. The molecule has 28 heavy (non-hydrogen) atoms. The minimum absolute atomic E-state index is 0.181. The molecule has 2 fully saturated rings. The van der Waals surface area contributed by atoms with Gasteiger partial charge in [-0.3, -0.25) is 4.79 Å². The second-order valence-corrected chi connectivity index (χ2v) is 7.41. The van der Waals surface area contributed by atoms with Crippen LogP contribution in [0.1, 0.15) is 48.9 Å². The molecule has 0 atom stereocenters. The van der Waals surface area contributed by atoms with Crippen LogP contribution in [0.25, 0.3) is 0 Å². The van der Waals surface area contributed by atoms with Crippen LogP contribution in [0.2, 0.25) is 0 Å². The summed E-state index contributed by atoms with van der Waals surface area (Å²) in [4.78, 5) is 19.5. The molecule has 2 aromatic rings. The van der Waals surface area contributed by atoms with Crippen LogP contribution in [0.4, 0.5) is 11.5 Å². The number of anilines is 2. The molecule has 2 heterocycles. The number of aromatic nitrogens is 1. The highest BCUT2D eigenvalue weighted by Gasteiger charge is 2.21. The summed E-state index contributed by atoms with van der Waals surface area (Å²) in [5, 5.41) is 3.01. The van der Waals surface area contributed by atoms with Gasteiger partial charge in [-0.05, 0) is 68.9 Å². The van der Waals surface area contributed by atoms with E-state index in [4.69, 9.17) is 9.47 Å². The van der Waals surface area contributed by atoms with Crippen LogP contribution in [0.3, 0.4) is 0 Å². The highest BCUT2D eigenvalue weighted by molar-refractivity contribution is 6.06. The normalized spacial score (nSPS) is 17.0. The van der Waals surface area contributed by atoms with Crippen LogP contribution >= 0.6 is 0 Å². The van der Waals surface area contributed by atoms with Crippen molar-refractivity contribution >= 4 is 17.4 Å². The van der Waals surface area contributed by atoms with Crippen LogP contribution in [-0.2, 0) is 0 Å². The van der Waals surface area contributed by atoms with Gasteiger partial charge in [0.25, 0.3) is 5.91 Å². The molecule has 4 rings (SSSR count). The number of rotatable bonds is 6. The van der Waals surface area contributed by atoms with Crippen LogP contribution in [-0.4, -0.2) is 37.2 Å². The molecule has 148 valence electrons. The van der Waals surface area contributed by atoms with E-state index in [-0.39, 0.29) is 12.0 Å². The van der Waals surface area contributed by atoms with Crippen molar-refractivity contribution in [2.75, 3.05) is 30.4 Å². The number of benzene rings is 1. The van der Waals surface area contributed by atoms with E-state index in [2.05, 4.69) is 15.2 Å². The van der Waals surface area contributed by atoms with Gasteiger partial charge in [-0.25, -0.2) is 4.98 Å². The van der Waals surface area contributed by atoms with Gasteiger partial charge in [0.2, 0.25) is 0 Å². The van der Waals surface area contributed by atoms with Gasteiger partial charge in [-0.15, -0.1) is 0 Å². The number of carbonyl (C=O) groups is 1. The predicted octanol–water partition coefficient (Wildman–Crippen LogP) is 4.26. The summed E-state index contributed by atoms with van der Waals surface area (Å²) in [6.45, 7) is 1.95. The molecule has 1 aliphatic heterocycles. The largest absolute Gasteiger partial charge is 0.493 e. The van der Waals surface area contributed by atoms with E-state index in [0.717, 1.165) is 50.3 Å². The molecular weight excluding hydrogens is 354 g/mol. The Morgan fingerprint density at radius 3 is 2.64 bits per heavy atom.